The highest BCUT2D eigenvalue weighted by molar-refractivity contribution is 5.95. The maximum atomic E-state index is 12.4. The lowest BCUT2D eigenvalue weighted by molar-refractivity contribution is 0.0910. The summed E-state index contributed by atoms with van der Waals surface area (Å²) in [6.07, 6.45) is 0.998. The van der Waals surface area contributed by atoms with E-state index in [0.29, 0.717) is 11.5 Å². The van der Waals surface area contributed by atoms with Crippen molar-refractivity contribution in [3.8, 4) is 0 Å². The maximum absolute atomic E-state index is 12.4. The molecule has 3 heterocycles. The van der Waals surface area contributed by atoms with Gasteiger partial charge in [0.15, 0.2) is 0 Å². The Kier molecular flexibility index (Phi) is 7.16. The van der Waals surface area contributed by atoms with Gasteiger partial charge >= 0.3 is 5.69 Å². The molecule has 138 valence electrons. The number of carbonyl (C=O) groups excluding carboxylic acids is 1. The topological polar surface area (TPSA) is 120 Å². The van der Waals surface area contributed by atoms with Crippen LogP contribution >= 0.6 is 24.8 Å². The molecule has 1 aliphatic heterocycles. The van der Waals surface area contributed by atoms with Crippen molar-refractivity contribution in [1.82, 2.24) is 25.6 Å². The number of amides is 1. The number of fused-ring (bicyclic) bond motifs is 1. The van der Waals surface area contributed by atoms with Gasteiger partial charge in [0.1, 0.15) is 11.3 Å². The number of hydrogen-bond acceptors (Lipinski definition) is 5. The third-order valence-corrected chi connectivity index (χ3v) is 4.28. The molecule has 2 aromatic heterocycles. The molecule has 2 atom stereocenters. The molecular weight excluding hydrogens is 369 g/mol. The molecule has 1 amide bonds. The molecule has 2 aromatic rings. The van der Waals surface area contributed by atoms with Crippen molar-refractivity contribution in [1.29, 1.82) is 0 Å². The first kappa shape index (κ1) is 21.1. The second-order valence-corrected chi connectivity index (χ2v) is 6.01. The summed E-state index contributed by atoms with van der Waals surface area (Å²) in [6, 6.07) is 1.60. The van der Waals surface area contributed by atoms with Crippen LogP contribution in [0.2, 0.25) is 0 Å². The van der Waals surface area contributed by atoms with Crippen LogP contribution in [0.15, 0.2) is 15.7 Å². The third kappa shape index (κ3) is 4.39. The Labute approximate surface area is 156 Å². The zero-order chi connectivity index (χ0) is 16.6. The van der Waals surface area contributed by atoms with Crippen molar-refractivity contribution >= 4 is 41.8 Å². The van der Waals surface area contributed by atoms with Crippen molar-refractivity contribution < 1.29 is 4.79 Å². The van der Waals surface area contributed by atoms with Crippen LogP contribution < -0.4 is 21.9 Å². The van der Waals surface area contributed by atoms with Crippen molar-refractivity contribution in [3.05, 3.63) is 38.2 Å². The number of pyridine rings is 1. The van der Waals surface area contributed by atoms with E-state index in [4.69, 9.17) is 0 Å². The minimum absolute atomic E-state index is 0. The van der Waals surface area contributed by atoms with Gasteiger partial charge in [-0.2, -0.15) is 0 Å². The Morgan fingerprint density at radius 2 is 2.00 bits per heavy atom. The zero-order valence-corrected chi connectivity index (χ0v) is 15.5. The summed E-state index contributed by atoms with van der Waals surface area (Å²) < 4.78 is 0. The Hall–Kier alpha value is -1.90. The Morgan fingerprint density at radius 1 is 1.28 bits per heavy atom. The number of H-pyrrole nitrogens is 2. The Morgan fingerprint density at radius 3 is 2.68 bits per heavy atom. The molecule has 25 heavy (non-hydrogen) atoms. The molecule has 1 saturated heterocycles. The fourth-order valence-electron chi connectivity index (χ4n) is 2.90. The van der Waals surface area contributed by atoms with Gasteiger partial charge in [0.2, 0.25) is 0 Å². The second-order valence-electron chi connectivity index (χ2n) is 6.01. The quantitative estimate of drug-likeness (QED) is 0.595. The zero-order valence-electron chi connectivity index (χ0n) is 13.8. The molecule has 0 aromatic carbocycles. The van der Waals surface area contributed by atoms with E-state index in [1.165, 1.54) is 0 Å². The third-order valence-electron chi connectivity index (χ3n) is 4.28. The van der Waals surface area contributed by atoms with E-state index in [9.17, 15) is 14.4 Å². The average Bonchev–Trinajstić information content (AvgIpc) is 2.48. The second kappa shape index (κ2) is 8.46. The van der Waals surface area contributed by atoms with Crippen molar-refractivity contribution in [2.75, 3.05) is 13.1 Å². The van der Waals surface area contributed by atoms with E-state index in [-0.39, 0.29) is 53.5 Å². The first-order valence-corrected chi connectivity index (χ1v) is 7.61. The molecule has 0 radical (unpaired) electrons. The predicted molar refractivity (Wildman–Crippen MR) is 100 cm³/mol. The van der Waals surface area contributed by atoms with E-state index < -0.39 is 11.2 Å². The van der Waals surface area contributed by atoms with Crippen LogP contribution in [0.4, 0.5) is 0 Å². The number of nitrogens with zero attached hydrogens (tertiary/aromatic N) is 1. The first-order valence-electron chi connectivity index (χ1n) is 7.61. The molecular formula is C15H21Cl2N5O3. The van der Waals surface area contributed by atoms with Crippen molar-refractivity contribution in [3.63, 3.8) is 0 Å². The van der Waals surface area contributed by atoms with Crippen LogP contribution in [-0.4, -0.2) is 40.0 Å². The van der Waals surface area contributed by atoms with E-state index in [1.807, 2.05) is 0 Å². The minimum Gasteiger partial charge on any atom is -0.346 e. The highest BCUT2D eigenvalue weighted by Gasteiger charge is 2.24. The van der Waals surface area contributed by atoms with Gasteiger partial charge in [0.05, 0.1) is 5.39 Å². The summed E-state index contributed by atoms with van der Waals surface area (Å²) in [6.45, 7) is 5.47. The SMILES string of the molecule is Cc1cc(C(=O)NC2CNCCC2C)nc2[nH]c(=O)[nH]c(=O)c12.Cl.Cl. The summed E-state index contributed by atoms with van der Waals surface area (Å²) in [7, 11) is 0. The monoisotopic (exact) mass is 389 g/mol. The molecule has 1 aliphatic rings. The molecule has 8 nitrogen and oxygen atoms in total. The fraction of sp³-hybridized carbons (Fsp3) is 0.467. The predicted octanol–water partition coefficient (Wildman–Crippen LogP) is 0.491. The summed E-state index contributed by atoms with van der Waals surface area (Å²) in [5.74, 6) is 0.0704. The number of aromatic nitrogens is 3. The smallest absolute Gasteiger partial charge is 0.327 e. The largest absolute Gasteiger partial charge is 0.346 e. The highest BCUT2D eigenvalue weighted by atomic mass is 35.5. The normalized spacial score (nSPS) is 19.6. The summed E-state index contributed by atoms with van der Waals surface area (Å²) >= 11 is 0. The van der Waals surface area contributed by atoms with E-state index >= 15 is 0 Å². The first-order chi connectivity index (χ1) is 11.0. The number of nitrogens with one attached hydrogen (secondary N) is 4. The number of aromatic amines is 2. The van der Waals surface area contributed by atoms with Gasteiger partial charge in [-0.1, -0.05) is 6.92 Å². The number of aryl methyl sites for hydroxylation is 1. The number of rotatable bonds is 2. The molecule has 0 bridgehead atoms. The lowest BCUT2D eigenvalue weighted by atomic mass is 9.94. The van der Waals surface area contributed by atoms with Gasteiger partial charge in [-0.25, -0.2) is 9.78 Å². The van der Waals surface area contributed by atoms with Crippen molar-refractivity contribution in [2.24, 2.45) is 5.92 Å². The Balaban J connectivity index is 0.00000156. The van der Waals surface area contributed by atoms with Gasteiger partial charge in [-0.15, -0.1) is 24.8 Å². The number of carbonyl (C=O) groups is 1. The van der Waals surface area contributed by atoms with Crippen LogP contribution in [0, 0.1) is 12.8 Å². The molecule has 0 saturated carbocycles. The molecule has 0 spiro atoms. The van der Waals surface area contributed by atoms with E-state index in [2.05, 4.69) is 32.5 Å². The number of piperidine rings is 1. The molecule has 10 heteroatoms. The minimum atomic E-state index is -0.642. The van der Waals surface area contributed by atoms with Crippen LogP contribution in [0.25, 0.3) is 11.0 Å². The molecule has 1 fully saturated rings. The van der Waals surface area contributed by atoms with Crippen molar-refractivity contribution in [2.45, 2.75) is 26.3 Å². The van der Waals surface area contributed by atoms with E-state index in [1.54, 1.807) is 13.0 Å². The van der Waals surface area contributed by atoms with Gasteiger partial charge in [-0.05, 0) is 37.4 Å². The Bertz CT molecular complexity index is 880. The number of hydrogen-bond donors (Lipinski definition) is 4. The summed E-state index contributed by atoms with van der Waals surface area (Å²) in [5.41, 5.74) is -0.247. The van der Waals surface area contributed by atoms with Crippen LogP contribution in [0.3, 0.4) is 0 Å². The maximum Gasteiger partial charge on any atom is 0.327 e. The highest BCUT2D eigenvalue weighted by Crippen LogP contribution is 2.14. The number of halogens is 2. The van der Waals surface area contributed by atoms with Crippen LogP contribution in [0.5, 0.6) is 0 Å². The summed E-state index contributed by atoms with van der Waals surface area (Å²) in [5, 5.41) is 6.50. The molecule has 3 rings (SSSR count). The molecule has 4 N–H and O–H groups in total. The fourth-order valence-corrected chi connectivity index (χ4v) is 2.90. The van der Waals surface area contributed by atoms with Crippen LogP contribution in [0.1, 0.15) is 29.4 Å². The summed E-state index contributed by atoms with van der Waals surface area (Å²) in [4.78, 5) is 44.4. The van der Waals surface area contributed by atoms with Gasteiger partial charge in [0.25, 0.3) is 11.5 Å². The standard InChI is InChI=1S/C15H19N5O3.2ClH/c1-7-3-4-16-6-10(7)18-13(21)9-5-8(2)11-12(17-9)19-15(23)20-14(11)22;;/h5,7,10,16H,3-4,6H2,1-2H3,(H,18,21)(H2,17,19,20,22,23);2*1H. The lowest BCUT2D eigenvalue weighted by Crippen LogP contribution is -2.50. The van der Waals surface area contributed by atoms with Gasteiger partial charge in [0, 0.05) is 12.6 Å². The average molecular weight is 390 g/mol. The van der Waals surface area contributed by atoms with Gasteiger partial charge < -0.3 is 10.6 Å². The molecule has 0 aliphatic carbocycles. The van der Waals surface area contributed by atoms with Gasteiger partial charge in [-0.3, -0.25) is 19.6 Å². The lowest BCUT2D eigenvalue weighted by Gasteiger charge is -2.30. The van der Waals surface area contributed by atoms with E-state index in [0.717, 1.165) is 19.5 Å². The molecule has 2 unspecified atom stereocenters. The van der Waals surface area contributed by atoms with Crippen LogP contribution in [-0.2, 0) is 0 Å².